The van der Waals surface area contributed by atoms with Gasteiger partial charge in [0.15, 0.2) is 0 Å². The normalized spacial score (nSPS) is 12.0. The highest BCUT2D eigenvalue weighted by Gasteiger charge is 2.08. The second-order valence-electron chi connectivity index (χ2n) is 4.81. The van der Waals surface area contributed by atoms with Crippen LogP contribution in [0.2, 0.25) is 0 Å². The van der Waals surface area contributed by atoms with Crippen LogP contribution in [-0.4, -0.2) is 7.11 Å². The zero-order valence-corrected chi connectivity index (χ0v) is 13.7. The Labute approximate surface area is 129 Å². The molecular weight excluding hydrogens is 314 g/mol. The van der Waals surface area contributed by atoms with E-state index in [1.54, 1.807) is 7.11 Å². The summed E-state index contributed by atoms with van der Waals surface area (Å²) < 4.78 is 6.24. The van der Waals surface area contributed by atoms with Gasteiger partial charge in [0.1, 0.15) is 5.75 Å². The summed E-state index contributed by atoms with van der Waals surface area (Å²) >= 11 is 3.53. The molecule has 1 unspecified atom stereocenters. The van der Waals surface area contributed by atoms with Crippen LogP contribution < -0.4 is 10.1 Å². The molecule has 1 atom stereocenters. The van der Waals surface area contributed by atoms with E-state index in [1.165, 1.54) is 11.1 Å². The Bertz CT molecular complexity index is 566. The number of benzene rings is 2. The minimum absolute atomic E-state index is 0.240. The first-order valence-electron chi connectivity index (χ1n) is 6.83. The van der Waals surface area contributed by atoms with E-state index in [-0.39, 0.29) is 6.04 Å². The molecule has 0 radical (unpaired) electrons. The zero-order chi connectivity index (χ0) is 14.5. The largest absolute Gasteiger partial charge is 0.496 e. The molecule has 0 saturated carbocycles. The Morgan fingerprint density at radius 1 is 1.15 bits per heavy atom. The molecule has 0 aliphatic carbocycles. The van der Waals surface area contributed by atoms with E-state index in [9.17, 15) is 0 Å². The zero-order valence-electron chi connectivity index (χ0n) is 12.1. The number of hydrogen-bond acceptors (Lipinski definition) is 2. The summed E-state index contributed by atoms with van der Waals surface area (Å²) in [7, 11) is 1.68. The average Bonchev–Trinajstić information content (AvgIpc) is 2.48. The summed E-state index contributed by atoms with van der Waals surface area (Å²) in [6.45, 7) is 4.32. The third-order valence-corrected chi connectivity index (χ3v) is 4.04. The molecule has 0 bridgehead atoms. The van der Waals surface area contributed by atoms with E-state index in [2.05, 4.69) is 71.5 Å². The number of methoxy groups -OCH3 is 1. The van der Waals surface area contributed by atoms with Gasteiger partial charge in [-0.1, -0.05) is 25.1 Å². The molecule has 2 aromatic carbocycles. The number of hydrogen-bond donors (Lipinski definition) is 1. The van der Waals surface area contributed by atoms with Crippen molar-refractivity contribution in [3.63, 3.8) is 0 Å². The molecule has 20 heavy (non-hydrogen) atoms. The fraction of sp³-hybridized carbons (Fsp3) is 0.294. The molecule has 0 saturated heterocycles. The van der Waals surface area contributed by atoms with Crippen LogP contribution in [0.15, 0.2) is 46.9 Å². The maximum atomic E-state index is 5.26. The Kier molecular flexibility index (Phi) is 5.07. The lowest BCUT2D eigenvalue weighted by atomic mass is 10.1. The van der Waals surface area contributed by atoms with Gasteiger partial charge >= 0.3 is 0 Å². The Hall–Kier alpha value is -1.48. The highest BCUT2D eigenvalue weighted by Crippen LogP contribution is 2.29. The molecule has 1 N–H and O–H groups in total. The lowest BCUT2D eigenvalue weighted by molar-refractivity contribution is 0.412. The molecule has 0 fully saturated rings. The number of rotatable bonds is 5. The van der Waals surface area contributed by atoms with Crippen LogP contribution >= 0.6 is 15.9 Å². The van der Waals surface area contributed by atoms with Crippen molar-refractivity contribution in [3.8, 4) is 5.75 Å². The molecule has 0 aromatic heterocycles. The molecule has 3 heteroatoms. The van der Waals surface area contributed by atoms with Crippen LogP contribution in [0.1, 0.15) is 31.0 Å². The van der Waals surface area contributed by atoms with E-state index in [1.807, 2.05) is 6.07 Å². The van der Waals surface area contributed by atoms with E-state index in [0.717, 1.165) is 22.3 Å². The molecular formula is C17H20BrNO. The number of halogens is 1. The van der Waals surface area contributed by atoms with Gasteiger partial charge in [0.25, 0.3) is 0 Å². The van der Waals surface area contributed by atoms with Gasteiger partial charge in [0.2, 0.25) is 0 Å². The van der Waals surface area contributed by atoms with Crippen molar-refractivity contribution in [2.24, 2.45) is 0 Å². The van der Waals surface area contributed by atoms with Gasteiger partial charge in [-0.05, 0) is 64.7 Å². The maximum absolute atomic E-state index is 5.26. The SMILES string of the molecule is CCc1ccc(NC(C)c2ccc(OC)c(Br)c2)cc1. The highest BCUT2D eigenvalue weighted by atomic mass is 79.9. The predicted molar refractivity (Wildman–Crippen MR) is 88.6 cm³/mol. The van der Waals surface area contributed by atoms with E-state index in [0.29, 0.717) is 0 Å². The first-order chi connectivity index (χ1) is 9.63. The van der Waals surface area contributed by atoms with Gasteiger partial charge < -0.3 is 10.1 Å². The molecule has 0 aliphatic rings. The van der Waals surface area contributed by atoms with Gasteiger partial charge in [-0.15, -0.1) is 0 Å². The van der Waals surface area contributed by atoms with E-state index < -0.39 is 0 Å². The van der Waals surface area contributed by atoms with Crippen molar-refractivity contribution in [2.45, 2.75) is 26.3 Å². The smallest absolute Gasteiger partial charge is 0.133 e. The van der Waals surface area contributed by atoms with Crippen LogP contribution in [0.25, 0.3) is 0 Å². The van der Waals surface area contributed by atoms with Gasteiger partial charge in [0.05, 0.1) is 11.6 Å². The summed E-state index contributed by atoms with van der Waals surface area (Å²) in [5.74, 6) is 0.855. The fourth-order valence-corrected chi connectivity index (χ4v) is 2.68. The molecule has 2 rings (SSSR count). The van der Waals surface area contributed by atoms with Crippen LogP contribution in [0.5, 0.6) is 5.75 Å². The molecule has 2 nitrogen and oxygen atoms in total. The molecule has 2 aromatic rings. The number of anilines is 1. The van der Waals surface area contributed by atoms with Crippen molar-refractivity contribution < 1.29 is 4.74 Å². The fourth-order valence-electron chi connectivity index (χ4n) is 2.12. The second kappa shape index (κ2) is 6.80. The van der Waals surface area contributed by atoms with Crippen molar-refractivity contribution in [1.82, 2.24) is 0 Å². The minimum atomic E-state index is 0.240. The Morgan fingerprint density at radius 2 is 1.85 bits per heavy atom. The standard InChI is InChI=1S/C17H20BrNO/c1-4-13-5-8-15(9-6-13)19-12(2)14-7-10-17(20-3)16(18)11-14/h5-12,19H,4H2,1-3H3. The van der Waals surface area contributed by atoms with Crippen molar-refractivity contribution in [2.75, 3.05) is 12.4 Å². The first-order valence-corrected chi connectivity index (χ1v) is 7.62. The van der Waals surface area contributed by atoms with Gasteiger partial charge in [-0.25, -0.2) is 0 Å². The van der Waals surface area contributed by atoms with Crippen LogP contribution in [0, 0.1) is 0 Å². The van der Waals surface area contributed by atoms with Crippen molar-refractivity contribution in [1.29, 1.82) is 0 Å². The van der Waals surface area contributed by atoms with E-state index in [4.69, 9.17) is 4.74 Å². The summed E-state index contributed by atoms with van der Waals surface area (Å²) in [5.41, 5.74) is 3.72. The third-order valence-electron chi connectivity index (χ3n) is 3.42. The highest BCUT2D eigenvalue weighted by molar-refractivity contribution is 9.10. The molecule has 106 valence electrons. The quantitative estimate of drug-likeness (QED) is 0.812. The maximum Gasteiger partial charge on any atom is 0.133 e. The topological polar surface area (TPSA) is 21.3 Å². The van der Waals surface area contributed by atoms with Gasteiger partial charge in [0, 0.05) is 11.7 Å². The third kappa shape index (κ3) is 3.54. The predicted octanol–water partition coefficient (Wildman–Crippen LogP) is 5.19. The first kappa shape index (κ1) is 14.9. The van der Waals surface area contributed by atoms with Crippen LogP contribution in [0.4, 0.5) is 5.69 Å². The molecule has 0 amide bonds. The van der Waals surface area contributed by atoms with E-state index >= 15 is 0 Å². The average molecular weight is 334 g/mol. The summed E-state index contributed by atoms with van der Waals surface area (Å²) in [4.78, 5) is 0. The minimum Gasteiger partial charge on any atom is -0.496 e. The lowest BCUT2D eigenvalue weighted by Crippen LogP contribution is -2.06. The lowest BCUT2D eigenvalue weighted by Gasteiger charge is -2.17. The monoisotopic (exact) mass is 333 g/mol. The number of aryl methyl sites for hydroxylation is 1. The molecule has 0 heterocycles. The second-order valence-corrected chi connectivity index (χ2v) is 5.66. The molecule has 0 spiro atoms. The number of ether oxygens (including phenoxy) is 1. The Morgan fingerprint density at radius 3 is 2.40 bits per heavy atom. The Balaban J connectivity index is 2.10. The molecule has 0 aliphatic heterocycles. The van der Waals surface area contributed by atoms with Crippen molar-refractivity contribution in [3.05, 3.63) is 58.1 Å². The van der Waals surface area contributed by atoms with Gasteiger partial charge in [-0.3, -0.25) is 0 Å². The van der Waals surface area contributed by atoms with Crippen LogP contribution in [-0.2, 0) is 6.42 Å². The number of nitrogens with one attached hydrogen (secondary N) is 1. The van der Waals surface area contributed by atoms with Crippen molar-refractivity contribution >= 4 is 21.6 Å². The summed E-state index contributed by atoms with van der Waals surface area (Å²) in [6, 6.07) is 15.0. The summed E-state index contributed by atoms with van der Waals surface area (Å²) in [5, 5.41) is 3.51. The van der Waals surface area contributed by atoms with Gasteiger partial charge in [-0.2, -0.15) is 0 Å². The van der Waals surface area contributed by atoms with Crippen LogP contribution in [0.3, 0.4) is 0 Å². The summed E-state index contributed by atoms with van der Waals surface area (Å²) in [6.07, 6.45) is 1.07.